The lowest BCUT2D eigenvalue weighted by molar-refractivity contribution is -0.385. The number of para-hydroxylation sites is 1. The lowest BCUT2D eigenvalue weighted by Crippen LogP contribution is -2.48. The molecule has 266 valence electrons. The highest BCUT2D eigenvalue weighted by molar-refractivity contribution is 7.91. The molecular weight excluding hydrogens is 730 g/mol. The number of nitrogens with one attached hydrogen (secondary N) is 1. The molecule has 0 spiro atoms. The van der Waals surface area contributed by atoms with Gasteiger partial charge in [-0.15, -0.1) is 0 Å². The number of hydrogen-bond donors (Lipinski definition) is 4. The first-order valence-corrected chi connectivity index (χ1v) is 18.4. The molecule has 4 rings (SSSR count). The second kappa shape index (κ2) is 17.4. The molecule has 16 nitrogen and oxygen atoms in total. The maximum atomic E-state index is 12.0. The van der Waals surface area contributed by atoms with Crippen molar-refractivity contribution < 1.29 is 51.8 Å². The third kappa shape index (κ3) is 12.0. The van der Waals surface area contributed by atoms with Crippen LogP contribution in [-0.4, -0.2) is 77.5 Å². The number of fused-ring (bicyclic) bond motifs is 1. The molecule has 0 saturated heterocycles. The van der Waals surface area contributed by atoms with Gasteiger partial charge >= 0.3 is 22.1 Å². The molecule has 1 amide bonds. The molecule has 3 aromatic carbocycles. The van der Waals surface area contributed by atoms with Crippen LogP contribution in [0.3, 0.4) is 0 Å². The summed E-state index contributed by atoms with van der Waals surface area (Å²) in [4.78, 5) is 52.7. The molecule has 0 bridgehead atoms. The maximum absolute atomic E-state index is 12.0. The van der Waals surface area contributed by atoms with E-state index in [9.17, 15) is 37.5 Å². The van der Waals surface area contributed by atoms with Crippen LogP contribution in [0.2, 0.25) is 10.0 Å². The summed E-state index contributed by atoms with van der Waals surface area (Å²) >= 11 is 11.8. The van der Waals surface area contributed by atoms with Crippen LogP contribution in [-0.2, 0) is 24.3 Å². The average molecular weight is 764 g/mol. The number of carbonyl (C=O) groups excluding carboxylic acids is 2. The predicted molar refractivity (Wildman–Crippen MR) is 182 cm³/mol. The van der Waals surface area contributed by atoms with Crippen molar-refractivity contribution in [2.24, 2.45) is 5.73 Å². The molecule has 0 saturated carbocycles. The fraction of sp³-hybridized carbons (Fsp3) is 0.276. The Morgan fingerprint density at radius 2 is 1.76 bits per heavy atom. The number of esters is 1. The number of carboxylic acid groups (broad SMARTS) is 1. The van der Waals surface area contributed by atoms with Crippen molar-refractivity contribution >= 4 is 70.0 Å². The fourth-order valence-electron chi connectivity index (χ4n) is 3.89. The van der Waals surface area contributed by atoms with Gasteiger partial charge in [-0.25, -0.2) is 9.10 Å². The third-order valence-corrected chi connectivity index (χ3v) is 9.39. The van der Waals surface area contributed by atoms with Gasteiger partial charge < -0.3 is 25.2 Å². The second-order valence-electron chi connectivity index (χ2n) is 10.5. The van der Waals surface area contributed by atoms with Crippen molar-refractivity contribution in [2.75, 3.05) is 24.7 Å². The lowest BCUT2D eigenvalue weighted by atomic mass is 10.1. The van der Waals surface area contributed by atoms with Crippen molar-refractivity contribution in [1.29, 1.82) is 0 Å². The van der Waals surface area contributed by atoms with Crippen LogP contribution < -0.4 is 15.2 Å². The van der Waals surface area contributed by atoms with E-state index in [1.807, 2.05) is 0 Å². The van der Waals surface area contributed by atoms with Gasteiger partial charge in [-0.3, -0.25) is 29.0 Å². The third-order valence-electron chi connectivity index (χ3n) is 6.19. The summed E-state index contributed by atoms with van der Waals surface area (Å²) < 4.78 is 47.5. The molecule has 0 fully saturated rings. The SMILES string of the molecule is CC(C)N1C(=O)c2ccccc2NS1(=O)=O.COC(=O)c1cc(Oc2ccc(Cl)cc2Cl)ccc1[N+](=O)[O-].CP(=O)(O)CCC(N)C(=O)O. The van der Waals surface area contributed by atoms with E-state index in [1.54, 1.807) is 50.2 Å². The summed E-state index contributed by atoms with van der Waals surface area (Å²) in [6, 6.07) is 13.5. The van der Waals surface area contributed by atoms with Crippen LogP contribution >= 0.6 is 30.6 Å². The molecule has 2 unspecified atom stereocenters. The number of aliphatic carboxylic acids is 1. The number of nitrogens with zero attached hydrogens (tertiary/aromatic N) is 2. The van der Waals surface area contributed by atoms with Crippen LogP contribution in [0.5, 0.6) is 11.5 Å². The Morgan fingerprint density at radius 1 is 1.12 bits per heavy atom. The van der Waals surface area contributed by atoms with Gasteiger partial charge in [0.05, 0.1) is 28.3 Å². The molecule has 20 heteroatoms. The first kappa shape index (κ1) is 40.9. The normalized spacial score (nSPS) is 14.7. The Morgan fingerprint density at radius 3 is 2.29 bits per heavy atom. The van der Waals surface area contributed by atoms with E-state index >= 15 is 0 Å². The number of carbonyl (C=O) groups is 3. The van der Waals surface area contributed by atoms with Crippen molar-refractivity contribution in [3.05, 3.63) is 92.0 Å². The van der Waals surface area contributed by atoms with Gasteiger partial charge in [-0.1, -0.05) is 35.3 Å². The summed E-state index contributed by atoms with van der Waals surface area (Å²) in [5, 5.41) is 19.9. The number of carboxylic acids is 1. The summed E-state index contributed by atoms with van der Waals surface area (Å²) in [5.74, 6) is -1.95. The number of halogens is 2. The molecule has 5 N–H and O–H groups in total. The van der Waals surface area contributed by atoms with E-state index in [0.717, 1.165) is 17.5 Å². The molecule has 2 atom stereocenters. The summed E-state index contributed by atoms with van der Waals surface area (Å²) in [6.07, 6.45) is 0.0000772. The van der Waals surface area contributed by atoms with Gasteiger partial charge in [0.2, 0.25) is 0 Å². The minimum Gasteiger partial charge on any atom is -0.480 e. The fourth-order valence-corrected chi connectivity index (χ4v) is 6.52. The number of benzene rings is 3. The number of nitro groups is 1. The highest BCUT2D eigenvalue weighted by atomic mass is 35.5. The van der Waals surface area contributed by atoms with E-state index < -0.39 is 52.4 Å². The summed E-state index contributed by atoms with van der Waals surface area (Å²) in [5.41, 5.74) is 5.22. The van der Waals surface area contributed by atoms with Gasteiger partial charge in [0, 0.05) is 36.0 Å². The van der Waals surface area contributed by atoms with E-state index in [4.69, 9.17) is 43.7 Å². The van der Waals surface area contributed by atoms with Gasteiger partial charge in [-0.2, -0.15) is 8.42 Å². The molecule has 1 heterocycles. The minimum atomic E-state index is -3.75. The summed E-state index contributed by atoms with van der Waals surface area (Å²) in [6.45, 7) is 4.50. The van der Waals surface area contributed by atoms with E-state index in [0.29, 0.717) is 22.0 Å². The Labute approximate surface area is 291 Å². The molecule has 1 aliphatic rings. The molecule has 3 aromatic rings. The Bertz CT molecular complexity index is 1870. The molecule has 0 aromatic heterocycles. The Balaban J connectivity index is 0.000000272. The molecule has 0 aliphatic carbocycles. The topological polar surface area (TPSA) is 246 Å². The van der Waals surface area contributed by atoms with Crippen LogP contribution in [0.25, 0.3) is 0 Å². The lowest BCUT2D eigenvalue weighted by Gasteiger charge is -2.31. The van der Waals surface area contributed by atoms with Crippen molar-refractivity contribution in [2.45, 2.75) is 32.4 Å². The summed E-state index contributed by atoms with van der Waals surface area (Å²) in [7, 11) is -5.72. The average Bonchev–Trinajstić information content (AvgIpc) is 3.00. The number of amides is 1. The van der Waals surface area contributed by atoms with Crippen molar-refractivity contribution in [3.8, 4) is 11.5 Å². The first-order chi connectivity index (χ1) is 22.7. The smallest absolute Gasteiger partial charge is 0.345 e. The van der Waals surface area contributed by atoms with Gasteiger partial charge in [-0.05, 0) is 56.7 Å². The van der Waals surface area contributed by atoms with E-state index in [1.165, 1.54) is 24.9 Å². The molecule has 49 heavy (non-hydrogen) atoms. The van der Waals surface area contributed by atoms with Crippen molar-refractivity contribution in [1.82, 2.24) is 4.31 Å². The maximum Gasteiger partial charge on any atom is 0.345 e. The molecule has 0 radical (unpaired) electrons. The Kier molecular flexibility index (Phi) is 14.5. The zero-order valence-corrected chi connectivity index (χ0v) is 29.6. The van der Waals surface area contributed by atoms with Crippen LogP contribution in [0, 0.1) is 10.1 Å². The van der Waals surface area contributed by atoms with Gasteiger partial charge in [0.1, 0.15) is 23.1 Å². The number of nitrogens with two attached hydrogens (primary N) is 1. The number of nitro benzene ring substituents is 1. The first-order valence-electron chi connectivity index (χ1n) is 13.9. The van der Waals surface area contributed by atoms with Gasteiger partial charge in [0.15, 0.2) is 7.37 Å². The highest BCUT2D eigenvalue weighted by Gasteiger charge is 2.37. The van der Waals surface area contributed by atoms with E-state index in [-0.39, 0.29) is 34.6 Å². The van der Waals surface area contributed by atoms with E-state index in [2.05, 4.69) is 9.46 Å². The second-order valence-corrected chi connectivity index (χ2v) is 15.4. The quantitative estimate of drug-likeness (QED) is 0.0927. The zero-order valence-electron chi connectivity index (χ0n) is 26.4. The number of ether oxygens (including phenoxy) is 2. The standard InChI is InChI=1S/C14H9Cl2NO5.C10H12N2O3S.C5H12NO4P/c1-21-14(18)10-7-9(3-4-12(10)17(19)20)22-13-5-2-8(15)6-11(13)16;1-7(2)12-10(13)8-5-3-4-6-9(8)11-16(12,14)15;1-11(9,10)3-2-4(6)5(7)8/h2-7H,1H3;3-7,11H,1-2H3;4H,2-3,6H2,1H3,(H,7,8)(H,9,10). The number of hydrogen-bond acceptors (Lipinski definition) is 11. The molecular formula is C29H33Cl2N4O12PS. The van der Waals surface area contributed by atoms with Crippen LogP contribution in [0.4, 0.5) is 11.4 Å². The van der Waals surface area contributed by atoms with Crippen LogP contribution in [0.15, 0.2) is 60.7 Å². The number of methoxy groups -OCH3 is 1. The van der Waals surface area contributed by atoms with Crippen molar-refractivity contribution in [3.63, 3.8) is 0 Å². The largest absolute Gasteiger partial charge is 0.480 e. The van der Waals surface area contributed by atoms with Gasteiger partial charge in [0.25, 0.3) is 11.6 Å². The monoisotopic (exact) mass is 762 g/mol. The van der Waals surface area contributed by atoms with Crippen LogP contribution in [0.1, 0.15) is 41.0 Å². The highest BCUT2D eigenvalue weighted by Crippen LogP contribution is 2.36. The Hall–Kier alpha value is -4.25. The molecule has 1 aliphatic heterocycles. The number of rotatable bonds is 9. The minimum absolute atomic E-state index is 0.0412. The number of anilines is 1. The zero-order chi connectivity index (χ0) is 37.3. The predicted octanol–water partition coefficient (Wildman–Crippen LogP) is 5.38.